The molecule has 0 radical (unpaired) electrons. The molecule has 1 aromatic heterocycles. The lowest BCUT2D eigenvalue weighted by Crippen LogP contribution is -1.99. The van der Waals surface area contributed by atoms with E-state index in [-0.39, 0.29) is 5.56 Å². The van der Waals surface area contributed by atoms with Gasteiger partial charge in [-0.1, -0.05) is 12.1 Å². The Kier molecular flexibility index (Phi) is 3.34. The molecule has 2 aromatic carbocycles. The number of nitrogens with two attached hydrogens (primary N) is 1. The highest BCUT2D eigenvalue weighted by Gasteiger charge is 2.13. The lowest BCUT2D eigenvalue weighted by molar-refractivity contribution is 0.0697. The van der Waals surface area contributed by atoms with E-state index in [1.165, 1.54) is 22.9 Å². The van der Waals surface area contributed by atoms with Crippen LogP contribution in [0.4, 0.5) is 10.1 Å². The first-order valence-corrected chi connectivity index (χ1v) is 6.50. The van der Waals surface area contributed by atoms with Crippen molar-refractivity contribution >= 4 is 11.7 Å². The van der Waals surface area contributed by atoms with Crippen LogP contribution in [0.3, 0.4) is 0 Å². The summed E-state index contributed by atoms with van der Waals surface area (Å²) in [6, 6.07) is 12.4. The summed E-state index contributed by atoms with van der Waals surface area (Å²) in [5.41, 5.74) is 7.74. The third kappa shape index (κ3) is 2.42. The van der Waals surface area contributed by atoms with Gasteiger partial charge in [0.1, 0.15) is 11.5 Å². The van der Waals surface area contributed by atoms with Crippen LogP contribution in [0.1, 0.15) is 10.4 Å². The summed E-state index contributed by atoms with van der Waals surface area (Å²) in [6.45, 7) is 0. The van der Waals surface area contributed by atoms with Crippen molar-refractivity contribution in [1.82, 2.24) is 9.78 Å². The Balaban J connectivity index is 2.02. The zero-order chi connectivity index (χ0) is 15.7. The largest absolute Gasteiger partial charge is 0.478 e. The summed E-state index contributed by atoms with van der Waals surface area (Å²) in [6.07, 6.45) is 1.57. The monoisotopic (exact) mass is 297 g/mol. The van der Waals surface area contributed by atoms with Gasteiger partial charge in [0, 0.05) is 5.56 Å². The minimum Gasteiger partial charge on any atom is -0.478 e. The predicted octanol–water partition coefficient (Wildman–Crippen LogP) is 2.96. The maximum Gasteiger partial charge on any atom is 0.335 e. The molecule has 0 atom stereocenters. The van der Waals surface area contributed by atoms with Crippen molar-refractivity contribution in [2.45, 2.75) is 0 Å². The topological polar surface area (TPSA) is 81.1 Å². The van der Waals surface area contributed by atoms with Crippen LogP contribution >= 0.6 is 0 Å². The summed E-state index contributed by atoms with van der Waals surface area (Å²) in [5, 5.41) is 13.2. The van der Waals surface area contributed by atoms with Gasteiger partial charge in [0.25, 0.3) is 0 Å². The normalized spacial score (nSPS) is 10.6. The molecule has 3 rings (SSSR count). The number of aromatic carboxylic acids is 1. The molecule has 0 aliphatic carbocycles. The molecule has 22 heavy (non-hydrogen) atoms. The van der Waals surface area contributed by atoms with E-state index in [4.69, 9.17) is 10.8 Å². The lowest BCUT2D eigenvalue weighted by atomic mass is 10.1. The third-order valence-electron chi connectivity index (χ3n) is 3.25. The third-order valence-corrected chi connectivity index (χ3v) is 3.25. The molecule has 3 aromatic rings. The van der Waals surface area contributed by atoms with Crippen LogP contribution in [-0.4, -0.2) is 20.9 Å². The number of aromatic nitrogens is 2. The number of carboxylic acids is 1. The Morgan fingerprint density at radius 2 is 1.82 bits per heavy atom. The fraction of sp³-hybridized carbons (Fsp3) is 0. The Bertz CT molecular complexity index is 841. The highest BCUT2D eigenvalue weighted by Crippen LogP contribution is 2.27. The first kappa shape index (κ1) is 13.8. The van der Waals surface area contributed by atoms with Crippen molar-refractivity contribution in [1.29, 1.82) is 0 Å². The number of rotatable bonds is 3. The van der Waals surface area contributed by atoms with Crippen molar-refractivity contribution in [2.75, 3.05) is 5.73 Å². The summed E-state index contributed by atoms with van der Waals surface area (Å²) in [5.74, 6) is -1.40. The number of halogens is 1. The van der Waals surface area contributed by atoms with Gasteiger partial charge >= 0.3 is 5.97 Å². The van der Waals surface area contributed by atoms with E-state index in [0.29, 0.717) is 22.6 Å². The van der Waals surface area contributed by atoms with Gasteiger partial charge < -0.3 is 10.8 Å². The number of nitrogen functional groups attached to an aromatic ring is 1. The highest BCUT2D eigenvalue weighted by molar-refractivity contribution is 5.87. The second-order valence-corrected chi connectivity index (χ2v) is 4.71. The number of hydrogen-bond donors (Lipinski definition) is 2. The first-order valence-electron chi connectivity index (χ1n) is 6.50. The summed E-state index contributed by atoms with van der Waals surface area (Å²) in [7, 11) is 0. The SMILES string of the molecule is Nc1cn(-c2ccc(C(=O)O)cc2)nc1-c1ccccc1F. The van der Waals surface area contributed by atoms with Gasteiger partial charge in [0.15, 0.2) is 0 Å². The van der Waals surface area contributed by atoms with E-state index in [2.05, 4.69) is 5.10 Å². The Morgan fingerprint density at radius 3 is 2.45 bits per heavy atom. The molecule has 0 saturated heterocycles. The quantitative estimate of drug-likeness (QED) is 0.778. The average Bonchev–Trinajstić information content (AvgIpc) is 2.90. The van der Waals surface area contributed by atoms with Gasteiger partial charge in [-0.3, -0.25) is 0 Å². The van der Waals surface area contributed by atoms with Crippen LogP contribution in [-0.2, 0) is 0 Å². The molecular weight excluding hydrogens is 285 g/mol. The molecule has 110 valence electrons. The Hall–Kier alpha value is -3.15. The van der Waals surface area contributed by atoms with Gasteiger partial charge in [-0.05, 0) is 36.4 Å². The molecule has 0 bridgehead atoms. The molecule has 0 spiro atoms. The highest BCUT2D eigenvalue weighted by atomic mass is 19.1. The smallest absolute Gasteiger partial charge is 0.335 e. The van der Waals surface area contributed by atoms with Crippen LogP contribution < -0.4 is 5.73 Å². The van der Waals surface area contributed by atoms with Gasteiger partial charge in [0.05, 0.1) is 23.1 Å². The molecule has 6 heteroatoms. The summed E-state index contributed by atoms with van der Waals surface area (Å²) >= 11 is 0. The van der Waals surface area contributed by atoms with E-state index in [1.54, 1.807) is 36.5 Å². The van der Waals surface area contributed by atoms with Crippen molar-refractivity contribution in [3.05, 3.63) is 66.1 Å². The van der Waals surface area contributed by atoms with Crippen LogP contribution in [0.5, 0.6) is 0 Å². The maximum atomic E-state index is 13.8. The Morgan fingerprint density at radius 1 is 1.14 bits per heavy atom. The van der Waals surface area contributed by atoms with Gasteiger partial charge in [-0.2, -0.15) is 5.10 Å². The number of nitrogens with zero attached hydrogens (tertiary/aromatic N) is 2. The van der Waals surface area contributed by atoms with E-state index in [1.807, 2.05) is 0 Å². The fourth-order valence-electron chi connectivity index (χ4n) is 2.14. The molecule has 0 aliphatic heterocycles. The number of benzene rings is 2. The van der Waals surface area contributed by atoms with E-state index in [0.717, 1.165) is 0 Å². The van der Waals surface area contributed by atoms with Crippen LogP contribution in [0.15, 0.2) is 54.7 Å². The summed E-state index contributed by atoms with van der Waals surface area (Å²) < 4.78 is 15.3. The van der Waals surface area contributed by atoms with Gasteiger partial charge in [-0.15, -0.1) is 0 Å². The zero-order valence-electron chi connectivity index (χ0n) is 11.4. The predicted molar refractivity (Wildman–Crippen MR) is 80.3 cm³/mol. The van der Waals surface area contributed by atoms with E-state index in [9.17, 15) is 9.18 Å². The number of carboxylic acid groups (broad SMARTS) is 1. The molecule has 1 heterocycles. The summed E-state index contributed by atoms with van der Waals surface area (Å²) in [4.78, 5) is 10.8. The minimum atomic E-state index is -1.00. The van der Waals surface area contributed by atoms with Crippen LogP contribution in [0, 0.1) is 5.82 Å². The molecule has 0 amide bonds. The second kappa shape index (κ2) is 5.33. The molecule has 3 N–H and O–H groups in total. The maximum absolute atomic E-state index is 13.8. The van der Waals surface area contributed by atoms with Crippen molar-refractivity contribution in [2.24, 2.45) is 0 Å². The van der Waals surface area contributed by atoms with Crippen LogP contribution in [0.25, 0.3) is 16.9 Å². The number of carbonyl (C=O) groups is 1. The Labute approximate surface area is 125 Å². The number of hydrogen-bond acceptors (Lipinski definition) is 3. The van der Waals surface area contributed by atoms with E-state index >= 15 is 0 Å². The van der Waals surface area contributed by atoms with Crippen molar-refractivity contribution in [3.63, 3.8) is 0 Å². The first-order chi connectivity index (χ1) is 10.6. The van der Waals surface area contributed by atoms with Crippen molar-refractivity contribution < 1.29 is 14.3 Å². The second-order valence-electron chi connectivity index (χ2n) is 4.71. The van der Waals surface area contributed by atoms with Gasteiger partial charge in [-0.25, -0.2) is 13.9 Å². The average molecular weight is 297 g/mol. The number of anilines is 1. The molecule has 0 saturated carbocycles. The fourth-order valence-corrected chi connectivity index (χ4v) is 2.14. The molecular formula is C16H12FN3O2. The molecule has 5 nitrogen and oxygen atoms in total. The standard InChI is InChI=1S/C16H12FN3O2/c17-13-4-2-1-3-12(13)15-14(18)9-20(19-15)11-7-5-10(6-8-11)16(21)22/h1-9H,18H2,(H,21,22). The van der Waals surface area contributed by atoms with Crippen molar-refractivity contribution in [3.8, 4) is 16.9 Å². The lowest BCUT2D eigenvalue weighted by Gasteiger charge is -2.02. The molecule has 0 unspecified atom stereocenters. The van der Waals surface area contributed by atoms with Crippen LogP contribution in [0.2, 0.25) is 0 Å². The van der Waals surface area contributed by atoms with Gasteiger partial charge in [0.2, 0.25) is 0 Å². The molecule has 0 fully saturated rings. The molecule has 0 aliphatic rings. The zero-order valence-corrected chi connectivity index (χ0v) is 11.4. The minimum absolute atomic E-state index is 0.179. The van der Waals surface area contributed by atoms with E-state index < -0.39 is 11.8 Å².